The molecule has 0 aromatic heterocycles. The Hall–Kier alpha value is -1.77. The number of halogens is 6. The molecular formula is C22H26F6N2O. The molecule has 1 saturated heterocycles. The number of nitrogens with zero attached hydrogens (tertiary/aromatic N) is 1. The van der Waals surface area contributed by atoms with Crippen molar-refractivity contribution >= 4 is 5.91 Å². The smallest absolute Gasteiger partial charge is 0.348 e. The summed E-state index contributed by atoms with van der Waals surface area (Å²) in [6, 6.07) is 0.586. The first kappa shape index (κ1) is 22.4. The first-order chi connectivity index (χ1) is 14.6. The highest BCUT2D eigenvalue weighted by molar-refractivity contribution is 5.98. The van der Waals surface area contributed by atoms with Crippen molar-refractivity contribution in [1.29, 1.82) is 0 Å². The van der Waals surface area contributed by atoms with Gasteiger partial charge in [-0.1, -0.05) is 12.8 Å². The van der Waals surface area contributed by atoms with Crippen molar-refractivity contribution in [3.63, 3.8) is 0 Å². The molecule has 1 aromatic carbocycles. The molecule has 3 nitrogen and oxygen atoms in total. The van der Waals surface area contributed by atoms with Gasteiger partial charge in [0.15, 0.2) is 0 Å². The number of likely N-dealkylation sites (tertiary alicyclic amines) is 1. The summed E-state index contributed by atoms with van der Waals surface area (Å²) in [5, 5.41) is 2.79. The number of hydrogen-bond acceptors (Lipinski definition) is 2. The number of carbonyl (C=O) groups is 1. The van der Waals surface area contributed by atoms with Crippen molar-refractivity contribution < 1.29 is 31.1 Å². The average molecular weight is 448 g/mol. The van der Waals surface area contributed by atoms with E-state index in [1.54, 1.807) is 0 Å². The van der Waals surface area contributed by atoms with Gasteiger partial charge in [-0.2, -0.15) is 26.3 Å². The highest BCUT2D eigenvalue weighted by Gasteiger charge is 2.44. The summed E-state index contributed by atoms with van der Waals surface area (Å²) in [6.45, 7) is 1.80. The SMILES string of the molecule is O=C(N[C@H]1CCCC[C@H]1N1CCCC1)c1c(C2CC2)cc(C(F)(F)F)cc1C(F)(F)F. The van der Waals surface area contributed by atoms with Crippen LogP contribution in [0.2, 0.25) is 0 Å². The van der Waals surface area contributed by atoms with Crippen LogP contribution in [0.3, 0.4) is 0 Å². The zero-order valence-electron chi connectivity index (χ0n) is 17.1. The maximum absolute atomic E-state index is 13.8. The molecule has 1 amide bonds. The second-order valence-electron chi connectivity index (χ2n) is 8.93. The van der Waals surface area contributed by atoms with E-state index in [-0.39, 0.29) is 23.7 Å². The Morgan fingerprint density at radius 1 is 0.871 bits per heavy atom. The highest BCUT2D eigenvalue weighted by atomic mass is 19.4. The third kappa shape index (κ3) is 4.86. The number of benzene rings is 1. The number of amides is 1. The summed E-state index contributed by atoms with van der Waals surface area (Å²) in [5.74, 6) is -1.34. The van der Waals surface area contributed by atoms with E-state index in [4.69, 9.17) is 0 Å². The molecular weight excluding hydrogens is 422 g/mol. The van der Waals surface area contributed by atoms with Gasteiger partial charge in [0.2, 0.25) is 0 Å². The van der Waals surface area contributed by atoms with Crippen molar-refractivity contribution in [3.8, 4) is 0 Å². The summed E-state index contributed by atoms with van der Waals surface area (Å²) >= 11 is 0. The standard InChI is InChI=1S/C22H26F6N2O/c23-21(24,25)14-11-15(13-7-8-13)19(16(12-14)22(26,27)28)20(31)29-17-5-1-2-6-18(17)30-9-3-4-10-30/h11-13,17-18H,1-10H2,(H,29,31)/t17-,18+/m0/s1. The van der Waals surface area contributed by atoms with E-state index in [1.165, 1.54) is 0 Å². The molecule has 3 fully saturated rings. The molecule has 31 heavy (non-hydrogen) atoms. The maximum atomic E-state index is 13.8. The van der Waals surface area contributed by atoms with Crippen LogP contribution in [0.15, 0.2) is 12.1 Å². The van der Waals surface area contributed by atoms with E-state index < -0.39 is 40.9 Å². The minimum Gasteiger partial charge on any atom is -0.348 e. The van der Waals surface area contributed by atoms with Gasteiger partial charge in [0.1, 0.15) is 0 Å². The number of carbonyl (C=O) groups excluding carboxylic acids is 1. The van der Waals surface area contributed by atoms with E-state index in [0.29, 0.717) is 19.3 Å². The molecule has 172 valence electrons. The minimum absolute atomic E-state index is 0.0633. The van der Waals surface area contributed by atoms with Crippen LogP contribution in [0.25, 0.3) is 0 Å². The normalized spacial score (nSPS) is 25.6. The van der Waals surface area contributed by atoms with Crippen LogP contribution in [0.5, 0.6) is 0 Å². The fourth-order valence-corrected chi connectivity index (χ4v) is 5.05. The molecule has 2 saturated carbocycles. The Bertz CT molecular complexity index is 825. The van der Waals surface area contributed by atoms with Gasteiger partial charge in [0.25, 0.3) is 5.91 Å². The largest absolute Gasteiger partial charge is 0.417 e. The van der Waals surface area contributed by atoms with Gasteiger partial charge in [-0.25, -0.2) is 0 Å². The fraction of sp³-hybridized carbons (Fsp3) is 0.682. The van der Waals surface area contributed by atoms with Crippen LogP contribution in [-0.2, 0) is 12.4 Å². The molecule has 4 rings (SSSR count). The van der Waals surface area contributed by atoms with E-state index in [0.717, 1.165) is 51.3 Å². The van der Waals surface area contributed by atoms with Gasteiger partial charge in [0, 0.05) is 12.1 Å². The first-order valence-corrected chi connectivity index (χ1v) is 10.9. The molecule has 2 atom stereocenters. The quantitative estimate of drug-likeness (QED) is 0.596. The van der Waals surface area contributed by atoms with E-state index in [1.807, 2.05) is 0 Å². The highest BCUT2D eigenvalue weighted by Crippen LogP contribution is 2.47. The predicted molar refractivity (Wildman–Crippen MR) is 103 cm³/mol. The lowest BCUT2D eigenvalue weighted by atomic mass is 9.88. The van der Waals surface area contributed by atoms with Crippen LogP contribution in [0.4, 0.5) is 26.3 Å². The van der Waals surface area contributed by atoms with Crippen LogP contribution >= 0.6 is 0 Å². The third-order valence-corrected chi connectivity index (χ3v) is 6.70. The summed E-state index contributed by atoms with van der Waals surface area (Å²) in [6.07, 6.45) is -3.51. The van der Waals surface area contributed by atoms with E-state index >= 15 is 0 Å². The topological polar surface area (TPSA) is 32.3 Å². The summed E-state index contributed by atoms with van der Waals surface area (Å²) < 4.78 is 81.2. The van der Waals surface area contributed by atoms with Gasteiger partial charge in [0.05, 0.1) is 16.7 Å². The van der Waals surface area contributed by atoms with Crippen molar-refractivity contribution in [1.82, 2.24) is 10.2 Å². The van der Waals surface area contributed by atoms with Crippen LogP contribution in [-0.4, -0.2) is 36.0 Å². The van der Waals surface area contributed by atoms with Gasteiger partial charge < -0.3 is 5.32 Å². The monoisotopic (exact) mass is 448 g/mol. The molecule has 1 N–H and O–H groups in total. The number of nitrogens with one attached hydrogen (secondary N) is 1. The van der Waals surface area contributed by atoms with Gasteiger partial charge in [-0.15, -0.1) is 0 Å². The van der Waals surface area contributed by atoms with Crippen molar-refractivity contribution in [2.45, 2.75) is 81.7 Å². The summed E-state index contributed by atoms with van der Waals surface area (Å²) in [5.41, 5.74) is -3.61. The average Bonchev–Trinajstić information content (AvgIpc) is 3.40. The second kappa shape index (κ2) is 8.30. The van der Waals surface area contributed by atoms with Crippen molar-refractivity contribution in [2.75, 3.05) is 13.1 Å². The summed E-state index contributed by atoms with van der Waals surface area (Å²) in [4.78, 5) is 15.4. The van der Waals surface area contributed by atoms with Crippen molar-refractivity contribution in [3.05, 3.63) is 34.4 Å². The lowest BCUT2D eigenvalue weighted by Gasteiger charge is -2.38. The molecule has 1 aliphatic heterocycles. The first-order valence-electron chi connectivity index (χ1n) is 10.9. The minimum atomic E-state index is -5.06. The molecule has 3 aliphatic rings. The van der Waals surface area contributed by atoms with Crippen LogP contribution in [0.1, 0.15) is 84.3 Å². The van der Waals surface area contributed by atoms with E-state index in [9.17, 15) is 31.1 Å². The Kier molecular flexibility index (Phi) is 6.00. The Balaban J connectivity index is 1.69. The molecule has 0 radical (unpaired) electrons. The van der Waals surface area contributed by atoms with Gasteiger partial charge in [-0.05, 0) is 75.2 Å². The fourth-order valence-electron chi connectivity index (χ4n) is 5.05. The Morgan fingerprint density at radius 3 is 2.10 bits per heavy atom. The molecule has 0 bridgehead atoms. The predicted octanol–water partition coefficient (Wildman–Crippen LogP) is 5.74. The number of rotatable bonds is 4. The molecule has 0 unspecified atom stereocenters. The molecule has 1 heterocycles. The number of alkyl halides is 6. The zero-order valence-corrected chi connectivity index (χ0v) is 17.1. The van der Waals surface area contributed by atoms with Crippen LogP contribution in [0, 0.1) is 0 Å². The van der Waals surface area contributed by atoms with Gasteiger partial charge in [-0.3, -0.25) is 9.69 Å². The third-order valence-electron chi connectivity index (χ3n) is 6.70. The molecule has 1 aromatic rings. The lowest BCUT2D eigenvalue weighted by molar-refractivity contribution is -0.143. The molecule has 9 heteroatoms. The van der Waals surface area contributed by atoms with Crippen molar-refractivity contribution in [2.24, 2.45) is 0 Å². The Morgan fingerprint density at radius 2 is 1.52 bits per heavy atom. The lowest BCUT2D eigenvalue weighted by Crippen LogP contribution is -2.52. The van der Waals surface area contributed by atoms with Crippen LogP contribution < -0.4 is 5.32 Å². The number of hydrogen-bond donors (Lipinski definition) is 1. The summed E-state index contributed by atoms with van der Waals surface area (Å²) in [7, 11) is 0. The molecule has 2 aliphatic carbocycles. The second-order valence-corrected chi connectivity index (χ2v) is 8.93. The maximum Gasteiger partial charge on any atom is 0.417 e. The molecule has 0 spiro atoms. The Labute approximate surface area is 177 Å². The van der Waals surface area contributed by atoms with Gasteiger partial charge >= 0.3 is 12.4 Å². The zero-order chi connectivity index (χ0) is 22.4. The van der Waals surface area contributed by atoms with E-state index in [2.05, 4.69) is 10.2 Å².